The van der Waals surface area contributed by atoms with Gasteiger partial charge in [-0.05, 0) is 25.8 Å². The third-order valence-electron chi connectivity index (χ3n) is 4.45. The number of nitrogens with zero attached hydrogens (tertiary/aromatic N) is 1. The minimum absolute atomic E-state index is 0.167. The first-order chi connectivity index (χ1) is 12.0. The van der Waals surface area contributed by atoms with Gasteiger partial charge in [0.05, 0.1) is 11.8 Å². The molecule has 0 aliphatic carbocycles. The zero-order valence-electron chi connectivity index (χ0n) is 15.0. The Morgan fingerprint density at radius 3 is 2.44 bits per heavy atom. The Bertz CT molecular complexity index is 721. The van der Waals surface area contributed by atoms with E-state index in [1.807, 2.05) is 25.1 Å². The smallest absolute Gasteiger partial charge is 0.311 e. The number of aryl methyl sites for hydroxylation is 1. The van der Waals surface area contributed by atoms with Crippen molar-refractivity contribution in [1.29, 1.82) is 0 Å². The van der Waals surface area contributed by atoms with Gasteiger partial charge in [0, 0.05) is 24.6 Å². The molecule has 1 amide bonds. The van der Waals surface area contributed by atoms with E-state index in [9.17, 15) is 9.59 Å². The maximum absolute atomic E-state index is 13.0. The summed E-state index contributed by atoms with van der Waals surface area (Å²) in [6.07, 6.45) is 2.08. The maximum Gasteiger partial charge on any atom is 0.311 e. The number of carbonyl (C=O) groups excluding carboxylic acids is 1. The monoisotopic (exact) mass is 343 g/mol. The van der Waals surface area contributed by atoms with Gasteiger partial charge in [-0.15, -0.1) is 0 Å². The van der Waals surface area contributed by atoms with Crippen molar-refractivity contribution < 1.29 is 19.1 Å². The lowest BCUT2D eigenvalue weighted by atomic mass is 9.95. The molecule has 1 aromatic heterocycles. The highest BCUT2D eigenvalue weighted by molar-refractivity contribution is 5.97. The van der Waals surface area contributed by atoms with Crippen molar-refractivity contribution in [3.63, 3.8) is 0 Å². The molecule has 5 nitrogen and oxygen atoms in total. The van der Waals surface area contributed by atoms with Crippen LogP contribution in [-0.2, 0) is 11.2 Å². The lowest BCUT2D eigenvalue weighted by Gasteiger charge is -2.26. The van der Waals surface area contributed by atoms with Crippen LogP contribution in [0, 0.1) is 6.92 Å². The summed E-state index contributed by atoms with van der Waals surface area (Å²) < 4.78 is 5.31. The summed E-state index contributed by atoms with van der Waals surface area (Å²) in [5.41, 5.74) is 2.26. The fourth-order valence-corrected chi connectivity index (χ4v) is 3.03. The van der Waals surface area contributed by atoms with E-state index in [1.54, 1.807) is 11.8 Å². The third kappa shape index (κ3) is 4.50. The molecule has 0 aliphatic rings. The molecule has 0 fully saturated rings. The molecule has 25 heavy (non-hydrogen) atoms. The van der Waals surface area contributed by atoms with E-state index >= 15 is 0 Å². The first-order valence-corrected chi connectivity index (χ1v) is 8.60. The lowest BCUT2D eigenvalue weighted by Crippen LogP contribution is -2.35. The summed E-state index contributed by atoms with van der Waals surface area (Å²) >= 11 is 0. The first kappa shape index (κ1) is 18.8. The van der Waals surface area contributed by atoms with Crippen LogP contribution in [0.3, 0.4) is 0 Å². The second kappa shape index (κ2) is 8.51. The number of furan rings is 1. The number of aliphatic carboxylic acids is 1. The van der Waals surface area contributed by atoms with Gasteiger partial charge in [-0.3, -0.25) is 9.59 Å². The zero-order valence-corrected chi connectivity index (χ0v) is 15.0. The lowest BCUT2D eigenvalue weighted by molar-refractivity contribution is -0.136. The van der Waals surface area contributed by atoms with Crippen molar-refractivity contribution in [2.75, 3.05) is 13.1 Å². The summed E-state index contributed by atoms with van der Waals surface area (Å²) in [5, 5.41) is 9.03. The van der Waals surface area contributed by atoms with Crippen LogP contribution in [-0.4, -0.2) is 35.0 Å². The molecule has 0 radical (unpaired) electrons. The highest BCUT2D eigenvalue weighted by atomic mass is 16.4. The molecule has 134 valence electrons. The molecule has 2 rings (SSSR count). The number of amides is 1. The maximum atomic E-state index is 13.0. The summed E-state index contributed by atoms with van der Waals surface area (Å²) in [5.74, 6) is -0.719. The molecule has 0 saturated carbocycles. The van der Waals surface area contributed by atoms with Crippen molar-refractivity contribution >= 4 is 11.9 Å². The summed E-state index contributed by atoms with van der Waals surface area (Å²) in [6.45, 7) is 6.95. The predicted octanol–water partition coefficient (Wildman–Crippen LogP) is 3.87. The second-order valence-electron chi connectivity index (χ2n) is 6.15. The van der Waals surface area contributed by atoms with E-state index in [0.717, 1.165) is 6.42 Å². The van der Waals surface area contributed by atoms with Crippen LogP contribution in [0.2, 0.25) is 0 Å². The molecular weight excluding hydrogens is 318 g/mol. The second-order valence-corrected chi connectivity index (χ2v) is 6.15. The number of carboxylic acid groups (broad SMARTS) is 1. The van der Waals surface area contributed by atoms with E-state index in [0.29, 0.717) is 24.2 Å². The minimum atomic E-state index is -1.01. The summed E-state index contributed by atoms with van der Waals surface area (Å²) in [4.78, 5) is 25.8. The molecule has 1 aromatic carbocycles. The average Bonchev–Trinajstić information content (AvgIpc) is 2.96. The molecule has 1 unspecified atom stereocenters. The Hall–Kier alpha value is -2.56. The number of carbonyl (C=O) groups is 2. The first-order valence-electron chi connectivity index (χ1n) is 8.60. The Morgan fingerprint density at radius 2 is 1.88 bits per heavy atom. The van der Waals surface area contributed by atoms with Crippen LogP contribution in [0.25, 0.3) is 0 Å². The van der Waals surface area contributed by atoms with Crippen LogP contribution in [0.5, 0.6) is 0 Å². The van der Waals surface area contributed by atoms with Gasteiger partial charge in [0.25, 0.3) is 5.91 Å². The van der Waals surface area contributed by atoms with Crippen LogP contribution in [0.15, 0.2) is 41.0 Å². The van der Waals surface area contributed by atoms with Gasteiger partial charge in [0.2, 0.25) is 0 Å². The molecule has 1 atom stereocenters. The van der Waals surface area contributed by atoms with E-state index in [-0.39, 0.29) is 24.0 Å². The molecule has 2 aromatic rings. The average molecular weight is 343 g/mol. The Morgan fingerprint density at radius 1 is 1.20 bits per heavy atom. The van der Waals surface area contributed by atoms with E-state index in [1.165, 1.54) is 11.8 Å². The van der Waals surface area contributed by atoms with Gasteiger partial charge in [0.1, 0.15) is 12.2 Å². The minimum Gasteiger partial charge on any atom is -0.481 e. The van der Waals surface area contributed by atoms with Crippen molar-refractivity contribution in [2.45, 2.75) is 39.5 Å². The van der Waals surface area contributed by atoms with Gasteiger partial charge in [-0.25, -0.2) is 0 Å². The van der Waals surface area contributed by atoms with E-state index in [2.05, 4.69) is 19.1 Å². The Balaban J connectivity index is 2.24. The number of hydrogen-bond donors (Lipinski definition) is 1. The molecule has 0 aliphatic heterocycles. The van der Waals surface area contributed by atoms with Crippen LogP contribution in [0.4, 0.5) is 0 Å². The fraction of sp³-hybridized carbons (Fsp3) is 0.400. The predicted molar refractivity (Wildman–Crippen MR) is 95.8 cm³/mol. The normalized spacial score (nSPS) is 12.0. The quantitative estimate of drug-likeness (QED) is 0.790. The number of carboxylic acids is 1. The van der Waals surface area contributed by atoms with Crippen LogP contribution < -0.4 is 0 Å². The highest BCUT2D eigenvalue weighted by Crippen LogP contribution is 2.24. The zero-order chi connectivity index (χ0) is 18.4. The number of hydrogen-bond acceptors (Lipinski definition) is 3. The SMILES string of the molecule is CCC(CN(CC)C(=O)c1c(C)coc1CC(=O)O)c1ccccc1. The summed E-state index contributed by atoms with van der Waals surface area (Å²) in [6, 6.07) is 10.1. The van der Waals surface area contributed by atoms with Crippen molar-refractivity contribution in [3.8, 4) is 0 Å². The Labute approximate surface area is 148 Å². The molecule has 1 heterocycles. The van der Waals surface area contributed by atoms with Crippen molar-refractivity contribution in [3.05, 3.63) is 59.0 Å². The molecule has 5 heteroatoms. The molecule has 1 N–H and O–H groups in total. The number of rotatable bonds is 8. The van der Waals surface area contributed by atoms with Crippen LogP contribution in [0.1, 0.15) is 53.4 Å². The highest BCUT2D eigenvalue weighted by Gasteiger charge is 2.26. The molecule has 0 saturated heterocycles. The summed E-state index contributed by atoms with van der Waals surface area (Å²) in [7, 11) is 0. The fourth-order valence-electron chi connectivity index (χ4n) is 3.03. The topological polar surface area (TPSA) is 70.8 Å². The number of likely N-dealkylation sites (N-methyl/N-ethyl adjacent to an activating group) is 1. The van der Waals surface area contributed by atoms with Gasteiger partial charge in [-0.2, -0.15) is 0 Å². The van der Waals surface area contributed by atoms with Gasteiger partial charge in [0.15, 0.2) is 0 Å². The number of benzene rings is 1. The van der Waals surface area contributed by atoms with Gasteiger partial charge >= 0.3 is 5.97 Å². The van der Waals surface area contributed by atoms with Gasteiger partial charge in [-0.1, -0.05) is 37.3 Å². The standard InChI is InChI=1S/C20H25NO4/c1-4-15(16-9-7-6-8-10-16)12-21(5-2)20(24)19-14(3)13-25-17(19)11-18(22)23/h6-10,13,15H,4-5,11-12H2,1-3H3,(H,22,23). The molecule has 0 spiro atoms. The van der Waals surface area contributed by atoms with Crippen molar-refractivity contribution in [1.82, 2.24) is 4.90 Å². The Kier molecular flexibility index (Phi) is 6.39. The van der Waals surface area contributed by atoms with E-state index < -0.39 is 5.97 Å². The van der Waals surface area contributed by atoms with Crippen LogP contribution >= 0.6 is 0 Å². The molecular formula is C20H25NO4. The largest absolute Gasteiger partial charge is 0.481 e. The van der Waals surface area contributed by atoms with Gasteiger partial charge < -0.3 is 14.4 Å². The third-order valence-corrected chi connectivity index (χ3v) is 4.45. The molecule has 0 bridgehead atoms. The van der Waals surface area contributed by atoms with E-state index in [4.69, 9.17) is 9.52 Å². The van der Waals surface area contributed by atoms with Crippen molar-refractivity contribution in [2.24, 2.45) is 0 Å².